The van der Waals surface area contributed by atoms with E-state index in [2.05, 4.69) is 29.2 Å². The van der Waals surface area contributed by atoms with Crippen molar-refractivity contribution in [3.05, 3.63) is 35.4 Å². The van der Waals surface area contributed by atoms with Gasteiger partial charge in [0.05, 0.1) is 0 Å². The highest BCUT2D eigenvalue weighted by Gasteiger charge is 2.42. The molecule has 1 amide bonds. The molecule has 0 radical (unpaired) electrons. The molecule has 0 saturated heterocycles. The van der Waals surface area contributed by atoms with E-state index in [1.165, 1.54) is 30.4 Å². The molecule has 1 aromatic carbocycles. The van der Waals surface area contributed by atoms with E-state index in [0.29, 0.717) is 23.8 Å². The van der Waals surface area contributed by atoms with Gasteiger partial charge in [-0.15, -0.1) is 0 Å². The molecule has 2 atom stereocenters. The van der Waals surface area contributed by atoms with Gasteiger partial charge in [0, 0.05) is 25.0 Å². The van der Waals surface area contributed by atoms with E-state index in [0.717, 1.165) is 25.9 Å². The number of nitrogens with two attached hydrogens (primary N) is 1. The summed E-state index contributed by atoms with van der Waals surface area (Å²) in [7, 11) is 0. The summed E-state index contributed by atoms with van der Waals surface area (Å²) in [5.41, 5.74) is 8.98. The van der Waals surface area contributed by atoms with Gasteiger partial charge in [-0.2, -0.15) is 0 Å². The van der Waals surface area contributed by atoms with E-state index in [1.54, 1.807) is 0 Å². The predicted octanol–water partition coefficient (Wildman–Crippen LogP) is 2.68. The standard InChI is InChI=1S/C18H24N2O/c19-17-12-6-3-7-13(17)9-16(8-12)18(21)20-10-14-4-1-2-5-15(14)11-20/h1-2,4-5,12-13,16-17H,3,6-11,19H2. The third kappa shape index (κ3) is 2.28. The maximum atomic E-state index is 12.9. The van der Waals surface area contributed by atoms with Crippen molar-refractivity contribution in [3.63, 3.8) is 0 Å². The first-order chi connectivity index (χ1) is 10.2. The van der Waals surface area contributed by atoms with Crippen molar-refractivity contribution in [1.29, 1.82) is 0 Å². The number of carbonyl (C=O) groups is 1. The van der Waals surface area contributed by atoms with Crippen LogP contribution in [0, 0.1) is 17.8 Å². The number of hydrogen-bond acceptors (Lipinski definition) is 2. The van der Waals surface area contributed by atoms with E-state index in [9.17, 15) is 4.79 Å². The van der Waals surface area contributed by atoms with Crippen LogP contribution in [0.5, 0.6) is 0 Å². The summed E-state index contributed by atoms with van der Waals surface area (Å²) in [6.07, 6.45) is 5.79. The first-order valence-electron chi connectivity index (χ1n) is 8.33. The van der Waals surface area contributed by atoms with E-state index >= 15 is 0 Å². The Kier molecular flexibility index (Phi) is 3.26. The van der Waals surface area contributed by atoms with Crippen LogP contribution in [0.3, 0.4) is 0 Å². The fourth-order valence-corrected chi connectivity index (χ4v) is 4.74. The van der Waals surface area contributed by atoms with Gasteiger partial charge in [0.25, 0.3) is 0 Å². The molecule has 21 heavy (non-hydrogen) atoms. The quantitative estimate of drug-likeness (QED) is 0.862. The van der Waals surface area contributed by atoms with Crippen LogP contribution in [-0.4, -0.2) is 16.8 Å². The summed E-state index contributed by atoms with van der Waals surface area (Å²) in [6.45, 7) is 1.60. The monoisotopic (exact) mass is 284 g/mol. The molecule has 3 heteroatoms. The van der Waals surface area contributed by atoms with Crippen LogP contribution in [0.25, 0.3) is 0 Å². The minimum atomic E-state index is 0.217. The fraction of sp³-hybridized carbons (Fsp3) is 0.611. The Labute approximate surface area is 126 Å². The largest absolute Gasteiger partial charge is 0.334 e. The number of amides is 1. The lowest BCUT2D eigenvalue weighted by Gasteiger charge is -2.44. The molecule has 2 fully saturated rings. The molecule has 0 spiro atoms. The smallest absolute Gasteiger partial charge is 0.226 e. The lowest BCUT2D eigenvalue weighted by Crippen LogP contribution is -2.49. The van der Waals surface area contributed by atoms with E-state index in [1.807, 2.05) is 0 Å². The lowest BCUT2D eigenvalue weighted by molar-refractivity contribution is -0.139. The van der Waals surface area contributed by atoms with Crippen molar-refractivity contribution in [2.75, 3.05) is 0 Å². The van der Waals surface area contributed by atoms with Crippen LogP contribution in [0.2, 0.25) is 0 Å². The number of carbonyl (C=O) groups excluding carboxylic acids is 1. The van der Waals surface area contributed by atoms with Crippen molar-refractivity contribution in [2.45, 2.75) is 51.2 Å². The summed E-state index contributed by atoms with van der Waals surface area (Å²) in [6, 6.07) is 8.77. The summed E-state index contributed by atoms with van der Waals surface area (Å²) in [5.74, 6) is 1.75. The Morgan fingerprint density at radius 2 is 1.62 bits per heavy atom. The minimum absolute atomic E-state index is 0.217. The lowest BCUT2D eigenvalue weighted by atomic mass is 9.65. The van der Waals surface area contributed by atoms with Crippen molar-refractivity contribution in [3.8, 4) is 0 Å². The Bertz CT molecular complexity index is 517. The van der Waals surface area contributed by atoms with Gasteiger partial charge in [0.2, 0.25) is 5.91 Å². The molecule has 2 unspecified atom stereocenters. The van der Waals surface area contributed by atoms with Crippen molar-refractivity contribution < 1.29 is 4.79 Å². The van der Waals surface area contributed by atoms with Crippen LogP contribution in [0.4, 0.5) is 0 Å². The molecule has 3 nitrogen and oxygen atoms in total. The molecule has 4 rings (SSSR count). The normalized spacial score (nSPS) is 34.6. The molecular weight excluding hydrogens is 260 g/mol. The van der Waals surface area contributed by atoms with E-state index < -0.39 is 0 Å². The zero-order valence-corrected chi connectivity index (χ0v) is 12.5. The molecule has 0 aromatic heterocycles. The third-order valence-electron chi connectivity index (χ3n) is 5.91. The van der Waals surface area contributed by atoms with E-state index in [4.69, 9.17) is 5.73 Å². The molecular formula is C18H24N2O. The number of benzene rings is 1. The van der Waals surface area contributed by atoms with Gasteiger partial charge in [-0.1, -0.05) is 30.7 Å². The van der Waals surface area contributed by atoms with Crippen LogP contribution in [0.1, 0.15) is 43.2 Å². The second-order valence-corrected chi connectivity index (χ2v) is 7.16. The SMILES string of the molecule is NC1C2CCCC1CC(C(=O)N1Cc3ccccc3C1)C2. The number of nitrogens with zero attached hydrogens (tertiary/aromatic N) is 1. The van der Waals surface area contributed by atoms with Crippen LogP contribution in [0.15, 0.2) is 24.3 Å². The highest BCUT2D eigenvalue weighted by molar-refractivity contribution is 5.79. The molecule has 1 aromatic rings. The topological polar surface area (TPSA) is 46.3 Å². The van der Waals surface area contributed by atoms with Crippen LogP contribution in [-0.2, 0) is 17.9 Å². The second kappa shape index (κ2) is 5.13. The Morgan fingerprint density at radius 3 is 2.19 bits per heavy atom. The predicted molar refractivity (Wildman–Crippen MR) is 82.2 cm³/mol. The molecule has 2 bridgehead atoms. The highest BCUT2D eigenvalue weighted by atomic mass is 16.2. The zero-order chi connectivity index (χ0) is 14.4. The number of fused-ring (bicyclic) bond motifs is 3. The van der Waals surface area contributed by atoms with Crippen LogP contribution >= 0.6 is 0 Å². The first-order valence-corrected chi connectivity index (χ1v) is 8.33. The van der Waals surface area contributed by atoms with Crippen molar-refractivity contribution >= 4 is 5.91 Å². The zero-order valence-electron chi connectivity index (χ0n) is 12.5. The Balaban J connectivity index is 1.47. The van der Waals surface area contributed by atoms with Gasteiger partial charge in [-0.3, -0.25) is 4.79 Å². The molecule has 112 valence electrons. The summed E-state index contributed by atoms with van der Waals surface area (Å²) in [4.78, 5) is 14.9. The minimum Gasteiger partial charge on any atom is -0.334 e. The van der Waals surface area contributed by atoms with Crippen molar-refractivity contribution in [2.24, 2.45) is 23.5 Å². The number of rotatable bonds is 1. The van der Waals surface area contributed by atoms with Gasteiger partial charge in [0.1, 0.15) is 0 Å². The Hall–Kier alpha value is -1.35. The van der Waals surface area contributed by atoms with Gasteiger partial charge in [-0.25, -0.2) is 0 Å². The second-order valence-electron chi connectivity index (χ2n) is 7.16. The highest BCUT2D eigenvalue weighted by Crippen LogP contribution is 2.43. The van der Waals surface area contributed by atoms with Gasteiger partial charge < -0.3 is 10.6 Å². The van der Waals surface area contributed by atoms with Gasteiger partial charge >= 0.3 is 0 Å². The Morgan fingerprint density at radius 1 is 1.05 bits per heavy atom. The van der Waals surface area contributed by atoms with Crippen LogP contribution < -0.4 is 5.73 Å². The molecule has 1 heterocycles. The molecule has 2 N–H and O–H groups in total. The molecule has 3 aliphatic rings. The average molecular weight is 284 g/mol. The maximum Gasteiger partial charge on any atom is 0.226 e. The van der Waals surface area contributed by atoms with Crippen molar-refractivity contribution in [1.82, 2.24) is 4.90 Å². The first kappa shape index (κ1) is 13.3. The fourth-order valence-electron chi connectivity index (χ4n) is 4.74. The molecule has 2 aliphatic carbocycles. The summed E-state index contributed by atoms with van der Waals surface area (Å²) < 4.78 is 0. The van der Waals surface area contributed by atoms with Gasteiger partial charge in [0.15, 0.2) is 0 Å². The molecule has 1 aliphatic heterocycles. The van der Waals surface area contributed by atoms with E-state index in [-0.39, 0.29) is 5.92 Å². The molecule has 2 saturated carbocycles. The summed E-state index contributed by atoms with van der Waals surface area (Å²) in [5, 5.41) is 0. The maximum absolute atomic E-state index is 12.9. The number of hydrogen-bond donors (Lipinski definition) is 1. The summed E-state index contributed by atoms with van der Waals surface area (Å²) >= 11 is 0. The average Bonchev–Trinajstić information content (AvgIpc) is 2.90. The third-order valence-corrected chi connectivity index (χ3v) is 5.91. The van der Waals surface area contributed by atoms with Gasteiger partial charge in [-0.05, 0) is 48.6 Å².